The summed E-state index contributed by atoms with van der Waals surface area (Å²) in [4.78, 5) is 13.3. The lowest BCUT2D eigenvalue weighted by Gasteiger charge is -2.31. The normalized spacial score (nSPS) is 26.2. The third-order valence-corrected chi connectivity index (χ3v) is 3.76. The molecule has 1 heterocycles. The summed E-state index contributed by atoms with van der Waals surface area (Å²) in [6.45, 7) is 9.16. The Morgan fingerprint density at radius 1 is 1.30 bits per heavy atom. The predicted octanol–water partition coefficient (Wildman–Crippen LogP) is 0.303. The Kier molecular flexibility index (Phi) is 5.15. The minimum absolute atomic E-state index is 0.115. The smallest absolute Gasteiger partial charge is 0.275 e. The van der Waals surface area contributed by atoms with Crippen LogP contribution in [0.1, 0.15) is 25.0 Å². The van der Waals surface area contributed by atoms with Gasteiger partial charge in [0.2, 0.25) is 0 Å². The minimum atomic E-state index is 0.115. The van der Waals surface area contributed by atoms with E-state index in [-0.39, 0.29) is 18.1 Å². The number of ether oxygens (including phenoxy) is 1. The number of rotatable bonds is 4. The molecule has 0 radical (unpaired) electrons. The van der Waals surface area contributed by atoms with E-state index < -0.39 is 0 Å². The largest absolute Gasteiger partial charge is 0.364 e. The Morgan fingerprint density at radius 3 is 2.60 bits per heavy atom. The molecule has 4 nitrogen and oxygen atoms in total. The molecular weight excluding hydrogens is 252 g/mol. The van der Waals surface area contributed by atoms with Crippen molar-refractivity contribution >= 4 is 5.91 Å². The van der Waals surface area contributed by atoms with Crippen LogP contribution in [0, 0.1) is 6.92 Å². The van der Waals surface area contributed by atoms with Gasteiger partial charge in [-0.25, -0.2) is 0 Å². The van der Waals surface area contributed by atoms with Crippen LogP contribution in [-0.4, -0.2) is 37.7 Å². The van der Waals surface area contributed by atoms with Gasteiger partial charge >= 0.3 is 0 Å². The quantitative estimate of drug-likeness (QED) is 0.831. The second-order valence-corrected chi connectivity index (χ2v) is 5.80. The molecule has 2 rings (SSSR count). The van der Waals surface area contributed by atoms with E-state index in [1.54, 1.807) is 0 Å². The maximum Gasteiger partial charge on any atom is 0.275 e. The van der Waals surface area contributed by atoms with Crippen LogP contribution in [0.2, 0.25) is 0 Å². The van der Waals surface area contributed by atoms with Crippen molar-refractivity contribution in [3.05, 3.63) is 35.4 Å². The second kappa shape index (κ2) is 6.86. The van der Waals surface area contributed by atoms with Crippen LogP contribution in [0.5, 0.6) is 0 Å². The van der Waals surface area contributed by atoms with Crippen molar-refractivity contribution in [2.24, 2.45) is 0 Å². The molecule has 1 fully saturated rings. The standard InChI is InChI=1S/C16H24N2O2/c1-12-6-4-5-7-15(12)8-17-16(19)11-18-9-13(2)20-14(3)10-18/h4-7,13-14H,8-11H2,1-3H3,(H,17,19)/p+1/t13-,14-/m1/s1. The summed E-state index contributed by atoms with van der Waals surface area (Å²) in [5, 5.41) is 3.02. The van der Waals surface area contributed by atoms with E-state index in [2.05, 4.69) is 38.2 Å². The highest BCUT2D eigenvalue weighted by atomic mass is 16.5. The molecule has 1 aliphatic heterocycles. The van der Waals surface area contributed by atoms with Crippen LogP contribution in [0.25, 0.3) is 0 Å². The molecule has 1 aromatic rings. The summed E-state index contributed by atoms with van der Waals surface area (Å²) in [6, 6.07) is 8.14. The molecule has 1 aromatic carbocycles. The zero-order valence-electron chi connectivity index (χ0n) is 12.6. The topological polar surface area (TPSA) is 42.8 Å². The third kappa shape index (κ3) is 4.32. The first-order chi connectivity index (χ1) is 9.54. The van der Waals surface area contributed by atoms with E-state index in [0.29, 0.717) is 13.1 Å². The summed E-state index contributed by atoms with van der Waals surface area (Å²) in [7, 11) is 0. The van der Waals surface area contributed by atoms with Crippen molar-refractivity contribution in [3.8, 4) is 0 Å². The molecule has 4 heteroatoms. The number of aryl methyl sites for hydroxylation is 1. The molecule has 1 aliphatic rings. The van der Waals surface area contributed by atoms with Crippen LogP contribution in [-0.2, 0) is 16.1 Å². The number of carbonyl (C=O) groups is 1. The van der Waals surface area contributed by atoms with Crippen LogP contribution >= 0.6 is 0 Å². The molecule has 0 spiro atoms. The van der Waals surface area contributed by atoms with E-state index in [0.717, 1.165) is 13.1 Å². The van der Waals surface area contributed by atoms with Crippen LogP contribution in [0.15, 0.2) is 24.3 Å². The Hall–Kier alpha value is -1.39. The molecule has 110 valence electrons. The van der Waals surface area contributed by atoms with Crippen molar-refractivity contribution in [2.75, 3.05) is 19.6 Å². The highest BCUT2D eigenvalue weighted by molar-refractivity contribution is 5.76. The molecule has 20 heavy (non-hydrogen) atoms. The summed E-state index contributed by atoms with van der Waals surface area (Å²) in [5.74, 6) is 0.115. The van der Waals surface area contributed by atoms with E-state index in [4.69, 9.17) is 4.74 Å². The molecule has 1 saturated heterocycles. The highest BCUT2D eigenvalue weighted by Crippen LogP contribution is 2.05. The number of carbonyl (C=O) groups excluding carboxylic acids is 1. The van der Waals surface area contributed by atoms with Gasteiger partial charge in [-0.3, -0.25) is 4.79 Å². The summed E-state index contributed by atoms with van der Waals surface area (Å²) >= 11 is 0. The molecule has 0 aliphatic carbocycles. The lowest BCUT2D eigenvalue weighted by Crippen LogP contribution is -3.16. The Bertz CT molecular complexity index is 452. The summed E-state index contributed by atoms with van der Waals surface area (Å²) < 4.78 is 5.69. The molecule has 2 atom stereocenters. The van der Waals surface area contributed by atoms with Gasteiger partial charge in [0, 0.05) is 6.54 Å². The molecule has 0 saturated carbocycles. The van der Waals surface area contributed by atoms with Crippen molar-refractivity contribution in [2.45, 2.75) is 39.5 Å². The van der Waals surface area contributed by atoms with Gasteiger partial charge in [-0.05, 0) is 31.9 Å². The zero-order valence-corrected chi connectivity index (χ0v) is 12.6. The zero-order chi connectivity index (χ0) is 14.5. The first kappa shape index (κ1) is 15.0. The number of hydrogen-bond donors (Lipinski definition) is 2. The number of amides is 1. The lowest BCUT2D eigenvalue weighted by molar-refractivity contribution is -0.907. The number of benzene rings is 1. The van der Waals surface area contributed by atoms with Crippen LogP contribution in [0.3, 0.4) is 0 Å². The maximum atomic E-state index is 12.0. The summed E-state index contributed by atoms with van der Waals surface area (Å²) in [5.41, 5.74) is 2.40. The van der Waals surface area contributed by atoms with E-state index in [1.807, 2.05) is 12.1 Å². The maximum absolute atomic E-state index is 12.0. The molecule has 0 unspecified atom stereocenters. The highest BCUT2D eigenvalue weighted by Gasteiger charge is 2.26. The van der Waals surface area contributed by atoms with Gasteiger partial charge in [-0.2, -0.15) is 0 Å². The van der Waals surface area contributed by atoms with Crippen molar-refractivity contribution < 1.29 is 14.4 Å². The number of quaternary nitrogens is 1. The minimum Gasteiger partial charge on any atom is -0.364 e. The van der Waals surface area contributed by atoms with Gasteiger partial charge in [-0.1, -0.05) is 24.3 Å². The molecular formula is C16H25N2O2+. The van der Waals surface area contributed by atoms with Crippen LogP contribution in [0.4, 0.5) is 0 Å². The molecule has 2 N–H and O–H groups in total. The molecule has 1 amide bonds. The second-order valence-electron chi connectivity index (χ2n) is 5.80. The SMILES string of the molecule is Cc1ccccc1CNC(=O)C[NH+]1C[C@@H](C)O[C@H](C)C1. The van der Waals surface area contributed by atoms with Gasteiger partial charge in [0.15, 0.2) is 6.54 Å². The van der Waals surface area contributed by atoms with E-state index in [1.165, 1.54) is 16.0 Å². The average Bonchev–Trinajstić information content (AvgIpc) is 2.36. The average molecular weight is 277 g/mol. The third-order valence-electron chi connectivity index (χ3n) is 3.76. The van der Waals surface area contributed by atoms with E-state index in [9.17, 15) is 4.79 Å². The first-order valence-corrected chi connectivity index (χ1v) is 7.35. The van der Waals surface area contributed by atoms with Crippen LogP contribution < -0.4 is 10.2 Å². The Labute approximate surface area is 121 Å². The van der Waals surface area contributed by atoms with Gasteiger partial charge in [0.1, 0.15) is 25.3 Å². The molecule has 0 aromatic heterocycles. The summed E-state index contributed by atoms with van der Waals surface area (Å²) in [6.07, 6.45) is 0.468. The first-order valence-electron chi connectivity index (χ1n) is 7.35. The van der Waals surface area contributed by atoms with Crippen molar-refractivity contribution in [3.63, 3.8) is 0 Å². The number of hydrogen-bond acceptors (Lipinski definition) is 2. The fourth-order valence-corrected chi connectivity index (χ4v) is 2.83. The molecule has 0 bridgehead atoms. The van der Waals surface area contributed by atoms with Gasteiger partial charge in [0.25, 0.3) is 5.91 Å². The predicted molar refractivity (Wildman–Crippen MR) is 78.6 cm³/mol. The van der Waals surface area contributed by atoms with E-state index >= 15 is 0 Å². The van der Waals surface area contributed by atoms with Crippen molar-refractivity contribution in [1.82, 2.24) is 5.32 Å². The monoisotopic (exact) mass is 277 g/mol. The Morgan fingerprint density at radius 2 is 1.95 bits per heavy atom. The fraction of sp³-hybridized carbons (Fsp3) is 0.562. The van der Waals surface area contributed by atoms with Gasteiger partial charge in [0.05, 0.1) is 0 Å². The van der Waals surface area contributed by atoms with Gasteiger partial charge < -0.3 is 15.0 Å². The Balaban J connectivity index is 1.79. The van der Waals surface area contributed by atoms with Crippen molar-refractivity contribution in [1.29, 1.82) is 0 Å². The number of morpholine rings is 1. The number of nitrogens with one attached hydrogen (secondary N) is 2. The fourth-order valence-electron chi connectivity index (χ4n) is 2.83. The lowest BCUT2D eigenvalue weighted by atomic mass is 10.1. The van der Waals surface area contributed by atoms with Gasteiger partial charge in [-0.15, -0.1) is 0 Å².